The van der Waals surface area contributed by atoms with Crippen LogP contribution in [-0.2, 0) is 11.3 Å². The fourth-order valence-corrected chi connectivity index (χ4v) is 1.57. The Morgan fingerprint density at radius 3 is 2.76 bits per heavy atom. The zero-order chi connectivity index (χ0) is 12.7. The van der Waals surface area contributed by atoms with Crippen molar-refractivity contribution in [2.24, 2.45) is 0 Å². The van der Waals surface area contributed by atoms with Crippen molar-refractivity contribution in [2.45, 2.75) is 33.4 Å². The Morgan fingerprint density at radius 2 is 2.24 bits per heavy atom. The second kappa shape index (κ2) is 7.01. The lowest BCUT2D eigenvalue weighted by atomic mass is 10.3. The Kier molecular flexibility index (Phi) is 5.63. The van der Waals surface area contributed by atoms with E-state index in [4.69, 9.17) is 0 Å². The van der Waals surface area contributed by atoms with E-state index < -0.39 is 0 Å². The molecule has 17 heavy (non-hydrogen) atoms. The number of nitrogens with zero attached hydrogens (tertiary/aromatic N) is 2. The summed E-state index contributed by atoms with van der Waals surface area (Å²) in [5.41, 5.74) is 0.992. The van der Waals surface area contributed by atoms with E-state index in [0.717, 1.165) is 12.2 Å². The molecule has 0 radical (unpaired) electrons. The average Bonchev–Trinajstić information content (AvgIpc) is 2.28. The summed E-state index contributed by atoms with van der Waals surface area (Å²) in [6, 6.07) is 6.02. The van der Waals surface area contributed by atoms with Crippen molar-refractivity contribution in [1.29, 1.82) is 0 Å². The number of hydrogen-bond acceptors (Lipinski definition) is 3. The standard InChI is InChI=1S/C13H21N3O/c1-4-16(10-13(17)15-11(2)3)9-12-7-5-6-8-14-12/h5-8,11H,4,9-10H2,1-3H3,(H,15,17). The predicted molar refractivity (Wildman–Crippen MR) is 68.5 cm³/mol. The Bertz CT molecular complexity index is 338. The van der Waals surface area contributed by atoms with Crippen LogP contribution in [0.5, 0.6) is 0 Å². The molecule has 0 fully saturated rings. The molecule has 0 spiro atoms. The fourth-order valence-electron chi connectivity index (χ4n) is 1.57. The first-order chi connectivity index (χ1) is 8.11. The van der Waals surface area contributed by atoms with Gasteiger partial charge in [-0.2, -0.15) is 0 Å². The molecule has 1 rings (SSSR count). The number of pyridine rings is 1. The molecule has 4 heteroatoms. The van der Waals surface area contributed by atoms with Crippen molar-refractivity contribution in [3.63, 3.8) is 0 Å². The lowest BCUT2D eigenvalue weighted by Gasteiger charge is -2.20. The molecule has 0 aliphatic rings. The Balaban J connectivity index is 2.46. The number of nitrogens with one attached hydrogen (secondary N) is 1. The molecule has 0 saturated heterocycles. The van der Waals surface area contributed by atoms with Crippen molar-refractivity contribution in [2.75, 3.05) is 13.1 Å². The summed E-state index contributed by atoms with van der Waals surface area (Å²) >= 11 is 0. The number of amides is 1. The number of likely N-dealkylation sites (N-methyl/N-ethyl adjacent to an activating group) is 1. The number of rotatable bonds is 6. The lowest BCUT2D eigenvalue weighted by Crippen LogP contribution is -2.39. The van der Waals surface area contributed by atoms with Gasteiger partial charge in [0.05, 0.1) is 12.2 Å². The zero-order valence-corrected chi connectivity index (χ0v) is 10.8. The maximum Gasteiger partial charge on any atom is 0.234 e. The van der Waals surface area contributed by atoms with E-state index in [1.165, 1.54) is 0 Å². The van der Waals surface area contributed by atoms with Crippen LogP contribution < -0.4 is 5.32 Å². The van der Waals surface area contributed by atoms with Gasteiger partial charge < -0.3 is 5.32 Å². The minimum absolute atomic E-state index is 0.0674. The van der Waals surface area contributed by atoms with Gasteiger partial charge in [-0.05, 0) is 32.5 Å². The first kappa shape index (κ1) is 13.6. The molecule has 1 N–H and O–H groups in total. The molecule has 0 aliphatic heterocycles. The van der Waals surface area contributed by atoms with E-state index in [-0.39, 0.29) is 11.9 Å². The van der Waals surface area contributed by atoms with Gasteiger partial charge in [-0.25, -0.2) is 0 Å². The van der Waals surface area contributed by atoms with Gasteiger partial charge in [0.25, 0.3) is 0 Å². The quantitative estimate of drug-likeness (QED) is 0.811. The highest BCUT2D eigenvalue weighted by atomic mass is 16.2. The highest BCUT2D eigenvalue weighted by Gasteiger charge is 2.10. The Labute approximate surface area is 103 Å². The van der Waals surface area contributed by atoms with Gasteiger partial charge >= 0.3 is 0 Å². The topological polar surface area (TPSA) is 45.2 Å². The molecule has 0 aliphatic carbocycles. The molecule has 1 heterocycles. The van der Waals surface area contributed by atoms with Crippen molar-refractivity contribution in [3.05, 3.63) is 30.1 Å². The second-order valence-electron chi connectivity index (χ2n) is 4.35. The van der Waals surface area contributed by atoms with Gasteiger partial charge in [-0.1, -0.05) is 13.0 Å². The smallest absolute Gasteiger partial charge is 0.234 e. The summed E-state index contributed by atoms with van der Waals surface area (Å²) in [7, 11) is 0. The summed E-state index contributed by atoms with van der Waals surface area (Å²) in [5.74, 6) is 0.0674. The van der Waals surface area contributed by atoms with Crippen LogP contribution in [0.3, 0.4) is 0 Å². The number of carbonyl (C=O) groups is 1. The van der Waals surface area contributed by atoms with E-state index in [2.05, 4.69) is 15.2 Å². The molecular weight excluding hydrogens is 214 g/mol. The molecule has 0 aromatic carbocycles. The molecule has 1 aromatic rings. The van der Waals surface area contributed by atoms with Crippen molar-refractivity contribution >= 4 is 5.91 Å². The first-order valence-corrected chi connectivity index (χ1v) is 6.03. The SMILES string of the molecule is CCN(CC(=O)NC(C)C)Cc1ccccn1. The van der Waals surface area contributed by atoms with E-state index >= 15 is 0 Å². The largest absolute Gasteiger partial charge is 0.353 e. The van der Waals surface area contributed by atoms with E-state index in [1.54, 1.807) is 6.20 Å². The second-order valence-corrected chi connectivity index (χ2v) is 4.35. The lowest BCUT2D eigenvalue weighted by molar-refractivity contribution is -0.122. The highest BCUT2D eigenvalue weighted by molar-refractivity contribution is 5.78. The van der Waals surface area contributed by atoms with Crippen LogP contribution in [0.4, 0.5) is 0 Å². The molecule has 0 bridgehead atoms. The highest BCUT2D eigenvalue weighted by Crippen LogP contribution is 2.00. The van der Waals surface area contributed by atoms with Crippen LogP contribution in [0.2, 0.25) is 0 Å². The number of carbonyl (C=O) groups excluding carboxylic acids is 1. The minimum atomic E-state index is 0.0674. The van der Waals surface area contributed by atoms with E-state index in [0.29, 0.717) is 13.1 Å². The maximum absolute atomic E-state index is 11.6. The molecule has 4 nitrogen and oxygen atoms in total. The summed E-state index contributed by atoms with van der Waals surface area (Å²) in [6.07, 6.45) is 1.78. The third-order valence-corrected chi connectivity index (χ3v) is 2.38. The van der Waals surface area contributed by atoms with Crippen LogP contribution >= 0.6 is 0 Å². The molecule has 0 unspecified atom stereocenters. The Hall–Kier alpha value is -1.42. The van der Waals surface area contributed by atoms with Crippen LogP contribution in [-0.4, -0.2) is 34.9 Å². The normalized spacial score (nSPS) is 10.9. The summed E-state index contributed by atoms with van der Waals surface area (Å²) in [5, 5.41) is 2.89. The van der Waals surface area contributed by atoms with Gasteiger partial charge in [0.1, 0.15) is 0 Å². The van der Waals surface area contributed by atoms with Gasteiger partial charge in [0.15, 0.2) is 0 Å². The Morgan fingerprint density at radius 1 is 1.47 bits per heavy atom. The van der Waals surface area contributed by atoms with E-state index in [1.807, 2.05) is 39.0 Å². The number of hydrogen-bond donors (Lipinski definition) is 1. The number of aromatic nitrogens is 1. The third-order valence-electron chi connectivity index (χ3n) is 2.38. The molecule has 1 amide bonds. The maximum atomic E-state index is 11.6. The monoisotopic (exact) mass is 235 g/mol. The first-order valence-electron chi connectivity index (χ1n) is 6.03. The van der Waals surface area contributed by atoms with Crippen LogP contribution in [0.25, 0.3) is 0 Å². The van der Waals surface area contributed by atoms with Crippen LogP contribution in [0.1, 0.15) is 26.5 Å². The van der Waals surface area contributed by atoms with Gasteiger partial charge in [0.2, 0.25) is 5.91 Å². The fraction of sp³-hybridized carbons (Fsp3) is 0.538. The summed E-state index contributed by atoms with van der Waals surface area (Å²) in [4.78, 5) is 18.0. The van der Waals surface area contributed by atoms with Gasteiger partial charge in [0, 0.05) is 18.8 Å². The summed E-state index contributed by atoms with van der Waals surface area (Å²) in [6.45, 7) is 7.95. The molecule has 0 atom stereocenters. The van der Waals surface area contributed by atoms with Crippen molar-refractivity contribution in [3.8, 4) is 0 Å². The molecule has 94 valence electrons. The predicted octanol–water partition coefficient (Wildman–Crippen LogP) is 1.43. The van der Waals surface area contributed by atoms with Gasteiger partial charge in [-0.15, -0.1) is 0 Å². The molecule has 1 aromatic heterocycles. The van der Waals surface area contributed by atoms with Crippen LogP contribution in [0.15, 0.2) is 24.4 Å². The van der Waals surface area contributed by atoms with E-state index in [9.17, 15) is 4.79 Å². The van der Waals surface area contributed by atoms with Crippen molar-refractivity contribution in [1.82, 2.24) is 15.2 Å². The molecule has 0 saturated carbocycles. The minimum Gasteiger partial charge on any atom is -0.353 e. The van der Waals surface area contributed by atoms with Gasteiger partial charge in [-0.3, -0.25) is 14.7 Å². The summed E-state index contributed by atoms with van der Waals surface area (Å²) < 4.78 is 0. The molecular formula is C13H21N3O. The average molecular weight is 235 g/mol. The van der Waals surface area contributed by atoms with Crippen molar-refractivity contribution < 1.29 is 4.79 Å². The van der Waals surface area contributed by atoms with Crippen LogP contribution in [0, 0.1) is 0 Å². The third kappa shape index (κ3) is 5.45. The zero-order valence-electron chi connectivity index (χ0n) is 10.8.